The highest BCUT2D eigenvalue weighted by Gasteiger charge is 2.22. The van der Waals surface area contributed by atoms with E-state index in [1.54, 1.807) is 30.5 Å². The van der Waals surface area contributed by atoms with Crippen molar-refractivity contribution in [2.24, 2.45) is 0 Å². The maximum absolute atomic E-state index is 12.8. The van der Waals surface area contributed by atoms with E-state index in [0.717, 1.165) is 5.56 Å². The molecule has 32 heavy (non-hydrogen) atoms. The molecule has 2 heterocycles. The Hall–Kier alpha value is -4.27. The summed E-state index contributed by atoms with van der Waals surface area (Å²) in [6.07, 6.45) is 1.29. The van der Waals surface area contributed by atoms with Gasteiger partial charge in [0.1, 0.15) is 5.69 Å². The van der Waals surface area contributed by atoms with Crippen LogP contribution >= 0.6 is 0 Å². The molecule has 0 aliphatic carbocycles. The Morgan fingerprint density at radius 3 is 2.59 bits per heavy atom. The van der Waals surface area contributed by atoms with Crippen LogP contribution in [0.2, 0.25) is 0 Å². The number of fused-ring (bicyclic) bond motifs is 1. The maximum atomic E-state index is 12.8. The van der Waals surface area contributed by atoms with E-state index in [-0.39, 0.29) is 24.5 Å². The van der Waals surface area contributed by atoms with E-state index >= 15 is 0 Å². The van der Waals surface area contributed by atoms with Crippen LogP contribution in [0.1, 0.15) is 23.6 Å². The number of carbonyl (C=O) groups excluding carboxylic acids is 1. The summed E-state index contributed by atoms with van der Waals surface area (Å²) < 4.78 is 12.1. The van der Waals surface area contributed by atoms with Crippen molar-refractivity contribution in [2.75, 3.05) is 12.1 Å². The second kappa shape index (κ2) is 9.25. The van der Waals surface area contributed by atoms with Crippen LogP contribution in [0.5, 0.6) is 11.5 Å². The summed E-state index contributed by atoms with van der Waals surface area (Å²) in [6.45, 7) is 0.440. The summed E-state index contributed by atoms with van der Waals surface area (Å²) in [5.74, 6) is -0.0552. The lowest BCUT2D eigenvalue weighted by atomic mass is 10.0. The molecule has 1 aliphatic heterocycles. The lowest BCUT2D eigenvalue weighted by Gasteiger charge is -2.18. The molecule has 164 valence electrons. The Labute approximate surface area is 183 Å². The van der Waals surface area contributed by atoms with Gasteiger partial charge in [0, 0.05) is 6.20 Å². The van der Waals surface area contributed by atoms with Crippen molar-refractivity contribution in [3.05, 3.63) is 88.3 Å². The summed E-state index contributed by atoms with van der Waals surface area (Å²) in [4.78, 5) is 36.7. The number of carboxylic acids is 1. The predicted octanol–water partition coefficient (Wildman–Crippen LogP) is 2.96. The summed E-state index contributed by atoms with van der Waals surface area (Å²) in [6, 6.07) is 16.0. The molecule has 0 bridgehead atoms. The minimum absolute atomic E-state index is 0.0829. The summed E-state index contributed by atoms with van der Waals surface area (Å²) in [5, 5.41) is 14.4. The van der Waals surface area contributed by atoms with Gasteiger partial charge in [0.15, 0.2) is 11.5 Å². The molecule has 2 amide bonds. The van der Waals surface area contributed by atoms with Crippen LogP contribution < -0.4 is 25.7 Å². The van der Waals surface area contributed by atoms with E-state index < -0.39 is 18.0 Å². The van der Waals surface area contributed by atoms with Gasteiger partial charge >= 0.3 is 12.0 Å². The zero-order chi connectivity index (χ0) is 22.5. The number of aromatic nitrogens is 1. The Morgan fingerprint density at radius 2 is 1.81 bits per heavy atom. The zero-order valence-electron chi connectivity index (χ0n) is 17.0. The van der Waals surface area contributed by atoms with Gasteiger partial charge < -0.3 is 29.8 Å². The number of hydrogen-bond acceptors (Lipinski definition) is 5. The second-order valence-corrected chi connectivity index (χ2v) is 7.20. The molecule has 0 saturated carbocycles. The Balaban J connectivity index is 1.49. The molecule has 1 atom stereocenters. The highest BCUT2D eigenvalue weighted by atomic mass is 16.7. The highest BCUT2D eigenvalue weighted by Crippen LogP contribution is 2.34. The molecule has 1 aromatic heterocycles. The fourth-order valence-electron chi connectivity index (χ4n) is 3.41. The van der Waals surface area contributed by atoms with Crippen molar-refractivity contribution in [2.45, 2.75) is 19.0 Å². The molecule has 0 spiro atoms. The average molecular weight is 435 g/mol. The van der Waals surface area contributed by atoms with Crippen LogP contribution in [0.3, 0.4) is 0 Å². The summed E-state index contributed by atoms with van der Waals surface area (Å²) in [5.41, 5.74) is 1.20. The van der Waals surface area contributed by atoms with Gasteiger partial charge in [-0.1, -0.05) is 36.4 Å². The standard InChI is InChI=1S/C23H21N3O6/c27-21(28)12-18(16-8-9-19-20(11-16)32-14-31-19)25-23(30)24-17-7-4-10-26(22(17)29)13-15-5-2-1-3-6-15/h1-11,18H,12-14H2,(H,27,28)(H2,24,25,30). The third-order valence-corrected chi connectivity index (χ3v) is 4.95. The molecule has 0 fully saturated rings. The number of urea groups is 1. The molecule has 1 aliphatic rings. The lowest BCUT2D eigenvalue weighted by Crippen LogP contribution is -2.36. The van der Waals surface area contributed by atoms with Gasteiger partial charge in [-0.3, -0.25) is 9.59 Å². The van der Waals surface area contributed by atoms with E-state index in [1.165, 1.54) is 10.6 Å². The van der Waals surface area contributed by atoms with Gasteiger partial charge in [-0.2, -0.15) is 0 Å². The summed E-state index contributed by atoms with van der Waals surface area (Å²) in [7, 11) is 0. The van der Waals surface area contributed by atoms with E-state index in [4.69, 9.17) is 9.47 Å². The predicted molar refractivity (Wildman–Crippen MR) is 116 cm³/mol. The van der Waals surface area contributed by atoms with Gasteiger partial charge in [-0.05, 0) is 35.4 Å². The van der Waals surface area contributed by atoms with Crippen LogP contribution in [0.15, 0.2) is 71.7 Å². The van der Waals surface area contributed by atoms with Gasteiger partial charge in [-0.15, -0.1) is 0 Å². The van der Waals surface area contributed by atoms with Crippen molar-refractivity contribution in [3.8, 4) is 11.5 Å². The smallest absolute Gasteiger partial charge is 0.319 e. The normalized spacial score (nSPS) is 12.8. The Kier molecular flexibility index (Phi) is 6.07. The fourth-order valence-corrected chi connectivity index (χ4v) is 3.41. The number of ether oxygens (including phenoxy) is 2. The van der Waals surface area contributed by atoms with Crippen LogP contribution in [0.25, 0.3) is 0 Å². The number of nitrogens with zero attached hydrogens (tertiary/aromatic N) is 1. The van der Waals surface area contributed by atoms with E-state index in [9.17, 15) is 19.5 Å². The number of aliphatic carboxylic acids is 1. The van der Waals surface area contributed by atoms with Gasteiger partial charge in [0.25, 0.3) is 5.56 Å². The second-order valence-electron chi connectivity index (χ2n) is 7.20. The van der Waals surface area contributed by atoms with Crippen LogP contribution in [0, 0.1) is 0 Å². The molecule has 9 heteroatoms. The Bertz CT molecular complexity index is 1190. The quantitative estimate of drug-likeness (QED) is 0.525. The van der Waals surface area contributed by atoms with Crippen molar-refractivity contribution in [3.63, 3.8) is 0 Å². The molecule has 0 radical (unpaired) electrons. The number of carbonyl (C=O) groups is 2. The first-order chi connectivity index (χ1) is 15.5. The number of hydrogen-bond donors (Lipinski definition) is 3. The highest BCUT2D eigenvalue weighted by molar-refractivity contribution is 5.89. The number of pyridine rings is 1. The number of anilines is 1. The summed E-state index contributed by atoms with van der Waals surface area (Å²) >= 11 is 0. The molecular formula is C23H21N3O6. The molecule has 2 aromatic carbocycles. The topological polar surface area (TPSA) is 119 Å². The molecule has 0 saturated heterocycles. The first-order valence-corrected chi connectivity index (χ1v) is 9.92. The zero-order valence-corrected chi connectivity index (χ0v) is 17.0. The third kappa shape index (κ3) is 4.89. The molecule has 9 nitrogen and oxygen atoms in total. The number of benzene rings is 2. The van der Waals surface area contributed by atoms with E-state index in [1.807, 2.05) is 30.3 Å². The third-order valence-electron chi connectivity index (χ3n) is 4.95. The monoisotopic (exact) mass is 435 g/mol. The molecule has 3 N–H and O–H groups in total. The van der Waals surface area contributed by atoms with E-state index in [2.05, 4.69) is 10.6 Å². The van der Waals surface area contributed by atoms with Crippen LogP contribution in [-0.2, 0) is 11.3 Å². The van der Waals surface area contributed by atoms with Crippen molar-refractivity contribution in [1.29, 1.82) is 0 Å². The lowest BCUT2D eigenvalue weighted by molar-refractivity contribution is -0.137. The maximum Gasteiger partial charge on any atom is 0.319 e. The van der Waals surface area contributed by atoms with Crippen LogP contribution in [0.4, 0.5) is 10.5 Å². The van der Waals surface area contributed by atoms with Crippen molar-refractivity contribution >= 4 is 17.7 Å². The molecule has 1 unspecified atom stereocenters. The van der Waals surface area contributed by atoms with E-state index in [0.29, 0.717) is 23.6 Å². The SMILES string of the molecule is O=C(O)CC(NC(=O)Nc1cccn(Cc2ccccc2)c1=O)c1ccc2c(c1)OCO2. The van der Waals surface area contributed by atoms with Crippen LogP contribution in [-0.4, -0.2) is 28.5 Å². The van der Waals surface area contributed by atoms with Gasteiger partial charge in [0.05, 0.1) is 19.0 Å². The van der Waals surface area contributed by atoms with Crippen molar-refractivity contribution < 1.29 is 24.2 Å². The van der Waals surface area contributed by atoms with Gasteiger partial charge in [-0.25, -0.2) is 4.79 Å². The van der Waals surface area contributed by atoms with Gasteiger partial charge in [0.2, 0.25) is 6.79 Å². The average Bonchev–Trinajstić information content (AvgIpc) is 3.24. The fraction of sp³-hybridized carbons (Fsp3) is 0.174. The molecule has 3 aromatic rings. The Morgan fingerprint density at radius 1 is 1.03 bits per heavy atom. The number of amides is 2. The minimum atomic E-state index is -1.09. The number of nitrogens with one attached hydrogen (secondary N) is 2. The van der Waals surface area contributed by atoms with Crippen molar-refractivity contribution in [1.82, 2.24) is 9.88 Å². The largest absolute Gasteiger partial charge is 0.481 e. The first-order valence-electron chi connectivity index (χ1n) is 9.92. The minimum Gasteiger partial charge on any atom is -0.481 e. The number of carboxylic acid groups (broad SMARTS) is 1. The first kappa shape index (κ1) is 21.0. The molecule has 4 rings (SSSR count). The molecular weight excluding hydrogens is 414 g/mol. The number of rotatable bonds is 7.